The van der Waals surface area contributed by atoms with Crippen LogP contribution in [0.5, 0.6) is 0 Å². The second kappa shape index (κ2) is 6.71. The van der Waals surface area contributed by atoms with E-state index in [0.717, 1.165) is 18.4 Å². The third kappa shape index (κ3) is 3.55. The van der Waals surface area contributed by atoms with Crippen molar-refractivity contribution in [3.63, 3.8) is 0 Å². The summed E-state index contributed by atoms with van der Waals surface area (Å²) in [4.78, 5) is 14.3. The summed E-state index contributed by atoms with van der Waals surface area (Å²) in [6, 6.07) is 4.67. The molecule has 1 amide bonds. The summed E-state index contributed by atoms with van der Waals surface area (Å²) in [5, 5.41) is 4.64. The maximum absolute atomic E-state index is 13.9. The van der Waals surface area contributed by atoms with Crippen LogP contribution in [-0.4, -0.2) is 33.7 Å². The summed E-state index contributed by atoms with van der Waals surface area (Å²) in [6.07, 6.45) is 5.72. The van der Waals surface area contributed by atoms with Crippen molar-refractivity contribution in [3.8, 4) is 0 Å². The Balaban J connectivity index is 1.70. The number of carbonyl (C=O) groups is 1. The molecule has 1 atom stereocenters. The molecule has 0 spiro atoms. The Labute approximate surface area is 139 Å². The highest BCUT2D eigenvalue weighted by Crippen LogP contribution is 2.24. The molecule has 1 aliphatic rings. The van der Waals surface area contributed by atoms with Crippen molar-refractivity contribution in [1.29, 1.82) is 0 Å². The average molecular weight is 336 g/mol. The molecule has 2 heterocycles. The van der Waals surface area contributed by atoms with Gasteiger partial charge in [-0.3, -0.25) is 9.48 Å². The van der Waals surface area contributed by atoms with Gasteiger partial charge in [0.2, 0.25) is 5.91 Å². The number of amides is 1. The van der Waals surface area contributed by atoms with Gasteiger partial charge in [-0.15, -0.1) is 0 Å². The number of likely N-dealkylation sites (tertiary alicyclic amines) is 1. The Morgan fingerprint density at radius 3 is 3.00 bits per heavy atom. The predicted molar refractivity (Wildman–Crippen MR) is 86.9 cm³/mol. The molecule has 1 saturated heterocycles. The maximum atomic E-state index is 13.9. The lowest BCUT2D eigenvalue weighted by atomic mass is 10.0. The van der Waals surface area contributed by atoms with Gasteiger partial charge >= 0.3 is 0 Å². The number of aromatic nitrogens is 2. The summed E-state index contributed by atoms with van der Waals surface area (Å²) in [5.41, 5.74) is 1.38. The molecular weight excluding hydrogens is 317 g/mol. The largest absolute Gasteiger partial charge is 0.340 e. The molecule has 0 saturated carbocycles. The normalized spacial score (nSPS) is 18.2. The maximum Gasteiger partial charge on any atom is 0.227 e. The van der Waals surface area contributed by atoms with E-state index in [4.69, 9.17) is 11.6 Å². The van der Waals surface area contributed by atoms with Crippen molar-refractivity contribution in [2.45, 2.75) is 32.2 Å². The van der Waals surface area contributed by atoms with Crippen molar-refractivity contribution >= 4 is 17.5 Å². The minimum Gasteiger partial charge on any atom is -0.340 e. The molecule has 4 nitrogen and oxygen atoms in total. The highest BCUT2D eigenvalue weighted by atomic mass is 35.5. The monoisotopic (exact) mass is 335 g/mol. The van der Waals surface area contributed by atoms with Gasteiger partial charge in [-0.05, 0) is 37.5 Å². The minimum absolute atomic E-state index is 0.00361. The van der Waals surface area contributed by atoms with Crippen molar-refractivity contribution in [2.75, 3.05) is 13.1 Å². The van der Waals surface area contributed by atoms with E-state index in [1.807, 2.05) is 24.0 Å². The molecule has 6 heteroatoms. The van der Waals surface area contributed by atoms with Gasteiger partial charge < -0.3 is 4.90 Å². The highest BCUT2D eigenvalue weighted by Gasteiger charge is 2.26. The van der Waals surface area contributed by atoms with Crippen LogP contribution in [0, 0.1) is 12.7 Å². The first-order chi connectivity index (χ1) is 11.0. The summed E-state index contributed by atoms with van der Waals surface area (Å²) in [5.74, 6) is -0.521. The smallest absolute Gasteiger partial charge is 0.227 e. The van der Waals surface area contributed by atoms with Crippen molar-refractivity contribution in [3.05, 3.63) is 52.6 Å². The molecule has 1 aliphatic heterocycles. The Morgan fingerprint density at radius 1 is 1.48 bits per heavy atom. The molecule has 1 aromatic heterocycles. The molecule has 23 heavy (non-hydrogen) atoms. The van der Waals surface area contributed by atoms with Gasteiger partial charge in [0, 0.05) is 29.9 Å². The number of benzene rings is 1. The van der Waals surface area contributed by atoms with E-state index in [0.29, 0.717) is 18.1 Å². The molecule has 3 rings (SSSR count). The lowest BCUT2D eigenvalue weighted by molar-refractivity contribution is -0.132. The van der Waals surface area contributed by atoms with Crippen molar-refractivity contribution < 1.29 is 9.18 Å². The van der Waals surface area contributed by atoms with Gasteiger partial charge in [0.1, 0.15) is 5.82 Å². The second-order valence-electron chi connectivity index (χ2n) is 6.01. The Morgan fingerprint density at radius 2 is 2.30 bits per heavy atom. The molecular formula is C17H19ClFN3O. The predicted octanol–water partition coefficient (Wildman–Crippen LogP) is 3.39. The van der Waals surface area contributed by atoms with Crippen LogP contribution in [0.25, 0.3) is 0 Å². The molecule has 0 N–H and O–H groups in total. The number of carbonyl (C=O) groups excluding carboxylic acids is 1. The number of halogens is 2. The second-order valence-corrected chi connectivity index (χ2v) is 6.42. The van der Waals surface area contributed by atoms with Gasteiger partial charge in [0.05, 0.1) is 18.7 Å². The van der Waals surface area contributed by atoms with Gasteiger partial charge in [-0.1, -0.05) is 17.7 Å². The van der Waals surface area contributed by atoms with Gasteiger partial charge in [0.15, 0.2) is 0 Å². The van der Waals surface area contributed by atoms with E-state index in [9.17, 15) is 9.18 Å². The van der Waals surface area contributed by atoms with Crippen LogP contribution >= 0.6 is 11.6 Å². The van der Waals surface area contributed by atoms with Crippen LogP contribution in [-0.2, 0) is 11.2 Å². The van der Waals surface area contributed by atoms with Gasteiger partial charge in [-0.25, -0.2) is 4.39 Å². The van der Waals surface area contributed by atoms with E-state index in [2.05, 4.69) is 5.10 Å². The minimum atomic E-state index is -0.429. The van der Waals surface area contributed by atoms with Crippen molar-refractivity contribution in [2.24, 2.45) is 0 Å². The summed E-state index contributed by atoms with van der Waals surface area (Å²) in [6.45, 7) is 3.29. The van der Waals surface area contributed by atoms with E-state index in [1.165, 1.54) is 6.07 Å². The number of hydrogen-bond acceptors (Lipinski definition) is 2. The van der Waals surface area contributed by atoms with E-state index < -0.39 is 5.82 Å². The van der Waals surface area contributed by atoms with Gasteiger partial charge in [0.25, 0.3) is 0 Å². The highest BCUT2D eigenvalue weighted by molar-refractivity contribution is 6.31. The zero-order chi connectivity index (χ0) is 16.4. The van der Waals surface area contributed by atoms with E-state index >= 15 is 0 Å². The Kier molecular flexibility index (Phi) is 4.66. The topological polar surface area (TPSA) is 38.1 Å². The van der Waals surface area contributed by atoms with Crippen LogP contribution in [0.15, 0.2) is 30.6 Å². The zero-order valence-electron chi connectivity index (χ0n) is 13.0. The molecule has 2 aromatic rings. The SMILES string of the molecule is Cc1cnn([C@@H]2CCCN(C(=O)Cc3c(F)cccc3Cl)C2)c1. The standard InChI is InChI=1S/C17H19ClFN3O/c1-12-9-20-22(10-12)13-4-3-7-21(11-13)17(23)8-14-15(18)5-2-6-16(14)19/h2,5-6,9-10,13H,3-4,7-8,11H2,1H3/t13-/m1/s1. The summed E-state index contributed by atoms with van der Waals surface area (Å²) < 4.78 is 15.8. The van der Waals surface area contributed by atoms with E-state index in [1.54, 1.807) is 17.0 Å². The third-order valence-electron chi connectivity index (χ3n) is 4.24. The quantitative estimate of drug-likeness (QED) is 0.862. The molecule has 1 aromatic carbocycles. The average Bonchev–Trinajstić information content (AvgIpc) is 2.97. The van der Waals surface area contributed by atoms with Crippen LogP contribution in [0.3, 0.4) is 0 Å². The lowest BCUT2D eigenvalue weighted by Crippen LogP contribution is -2.41. The molecule has 0 aliphatic carbocycles. The zero-order valence-corrected chi connectivity index (χ0v) is 13.8. The van der Waals surface area contributed by atoms with Crippen LogP contribution in [0.2, 0.25) is 5.02 Å². The molecule has 0 unspecified atom stereocenters. The Bertz CT molecular complexity index is 695. The van der Waals surface area contributed by atoms with Crippen LogP contribution < -0.4 is 0 Å². The first-order valence-corrected chi connectivity index (χ1v) is 8.14. The first kappa shape index (κ1) is 16.0. The molecule has 1 fully saturated rings. The fraction of sp³-hybridized carbons (Fsp3) is 0.412. The third-order valence-corrected chi connectivity index (χ3v) is 4.60. The number of hydrogen-bond donors (Lipinski definition) is 0. The van der Waals surface area contributed by atoms with Crippen LogP contribution in [0.1, 0.15) is 30.0 Å². The summed E-state index contributed by atoms with van der Waals surface area (Å²) >= 11 is 6.01. The summed E-state index contributed by atoms with van der Waals surface area (Å²) in [7, 11) is 0. The fourth-order valence-corrected chi connectivity index (χ4v) is 3.22. The van der Waals surface area contributed by atoms with E-state index in [-0.39, 0.29) is 23.9 Å². The number of piperidine rings is 1. The lowest BCUT2D eigenvalue weighted by Gasteiger charge is -2.33. The first-order valence-electron chi connectivity index (χ1n) is 7.76. The van der Waals surface area contributed by atoms with Crippen LogP contribution in [0.4, 0.5) is 4.39 Å². The number of aryl methyl sites for hydroxylation is 1. The van der Waals surface area contributed by atoms with Gasteiger partial charge in [-0.2, -0.15) is 5.10 Å². The number of nitrogens with zero attached hydrogens (tertiary/aromatic N) is 3. The molecule has 0 bridgehead atoms. The molecule has 0 radical (unpaired) electrons. The number of rotatable bonds is 3. The fourth-order valence-electron chi connectivity index (χ4n) is 2.99. The molecule has 122 valence electrons. The van der Waals surface area contributed by atoms with Crippen molar-refractivity contribution in [1.82, 2.24) is 14.7 Å². The Hall–Kier alpha value is -1.88.